The van der Waals surface area contributed by atoms with E-state index in [1.54, 1.807) is 19.1 Å². The first-order valence-corrected chi connectivity index (χ1v) is 6.44. The van der Waals surface area contributed by atoms with Gasteiger partial charge in [-0.3, -0.25) is 0 Å². The molecule has 1 aromatic rings. The highest BCUT2D eigenvalue weighted by Gasteiger charge is 2.05. The minimum Gasteiger partial charge on any atom is -0.462 e. The standard InChI is InChI=1S/C11H15NO2.C4H8O/c1-4-14-11(13)9-5-7-10(8-6-9)12(2)3;1-2-3-4-5/h5-8H,4H2,1-3H3;4H,2-3H2,1H3. The molecule has 0 heterocycles. The molecule has 0 saturated carbocycles. The highest BCUT2D eigenvalue weighted by atomic mass is 16.5. The molecule has 0 aliphatic carbocycles. The van der Waals surface area contributed by atoms with Crippen LogP contribution in [0.5, 0.6) is 0 Å². The average Bonchev–Trinajstić information content (AvgIpc) is 2.41. The molecule has 0 N–H and O–H groups in total. The first-order chi connectivity index (χ1) is 9.06. The summed E-state index contributed by atoms with van der Waals surface area (Å²) >= 11 is 0. The van der Waals surface area contributed by atoms with Crippen molar-refractivity contribution in [2.24, 2.45) is 0 Å². The average molecular weight is 265 g/mol. The molecule has 1 aromatic carbocycles. The van der Waals surface area contributed by atoms with Gasteiger partial charge in [-0.25, -0.2) is 4.79 Å². The Bertz CT molecular complexity index is 371. The summed E-state index contributed by atoms with van der Waals surface area (Å²) in [5, 5.41) is 0. The van der Waals surface area contributed by atoms with Crippen molar-refractivity contribution in [2.75, 3.05) is 25.6 Å². The van der Waals surface area contributed by atoms with Crippen LogP contribution >= 0.6 is 0 Å². The van der Waals surface area contributed by atoms with Crippen LogP contribution in [0.4, 0.5) is 5.69 Å². The molecule has 0 fully saturated rings. The molecule has 19 heavy (non-hydrogen) atoms. The minimum absolute atomic E-state index is 0.266. The van der Waals surface area contributed by atoms with Crippen LogP contribution in [0.2, 0.25) is 0 Å². The first kappa shape index (κ1) is 17.2. The molecular weight excluding hydrogens is 242 g/mol. The SMILES string of the molecule is CCCC=O.CCOC(=O)c1ccc(N(C)C)cc1. The number of hydrogen-bond donors (Lipinski definition) is 0. The fourth-order valence-electron chi connectivity index (χ4n) is 1.23. The molecular formula is C15H23NO3. The van der Waals surface area contributed by atoms with Crippen LogP contribution in [0.15, 0.2) is 24.3 Å². The van der Waals surface area contributed by atoms with Crippen LogP contribution in [0.3, 0.4) is 0 Å². The third-order valence-corrected chi connectivity index (χ3v) is 2.30. The second kappa shape index (κ2) is 10.1. The highest BCUT2D eigenvalue weighted by molar-refractivity contribution is 5.89. The molecule has 0 aliphatic rings. The number of ether oxygens (including phenoxy) is 1. The van der Waals surface area contributed by atoms with Gasteiger partial charge in [0.2, 0.25) is 0 Å². The summed E-state index contributed by atoms with van der Waals surface area (Å²) in [6, 6.07) is 7.33. The molecule has 0 spiro atoms. The van der Waals surface area contributed by atoms with E-state index in [1.165, 1.54) is 0 Å². The molecule has 4 heteroatoms. The van der Waals surface area contributed by atoms with Gasteiger partial charge in [0.15, 0.2) is 0 Å². The van der Waals surface area contributed by atoms with Gasteiger partial charge in [-0.2, -0.15) is 0 Å². The van der Waals surface area contributed by atoms with Gasteiger partial charge in [-0.05, 0) is 37.6 Å². The van der Waals surface area contributed by atoms with Gasteiger partial charge in [0.05, 0.1) is 12.2 Å². The molecule has 0 bridgehead atoms. The van der Waals surface area contributed by atoms with E-state index in [1.807, 2.05) is 38.1 Å². The van der Waals surface area contributed by atoms with Gasteiger partial charge in [0.25, 0.3) is 0 Å². The summed E-state index contributed by atoms with van der Waals surface area (Å²) in [6.45, 7) is 4.19. The zero-order valence-corrected chi connectivity index (χ0v) is 12.2. The van der Waals surface area contributed by atoms with Gasteiger partial charge >= 0.3 is 5.97 Å². The van der Waals surface area contributed by atoms with E-state index in [0.717, 1.165) is 18.4 Å². The summed E-state index contributed by atoms with van der Waals surface area (Å²) < 4.78 is 4.88. The molecule has 0 amide bonds. The maximum atomic E-state index is 11.3. The Morgan fingerprint density at radius 1 is 1.21 bits per heavy atom. The smallest absolute Gasteiger partial charge is 0.338 e. The largest absolute Gasteiger partial charge is 0.462 e. The van der Waals surface area contributed by atoms with Gasteiger partial charge in [-0.15, -0.1) is 0 Å². The van der Waals surface area contributed by atoms with Crippen LogP contribution in [-0.4, -0.2) is 33.0 Å². The van der Waals surface area contributed by atoms with E-state index < -0.39 is 0 Å². The van der Waals surface area contributed by atoms with E-state index in [-0.39, 0.29) is 5.97 Å². The Morgan fingerprint density at radius 2 is 1.79 bits per heavy atom. The molecule has 0 atom stereocenters. The molecule has 0 radical (unpaired) electrons. The molecule has 4 nitrogen and oxygen atoms in total. The topological polar surface area (TPSA) is 46.6 Å². The highest BCUT2D eigenvalue weighted by Crippen LogP contribution is 2.12. The van der Waals surface area contributed by atoms with Crippen LogP contribution in [-0.2, 0) is 9.53 Å². The number of aldehydes is 1. The number of esters is 1. The Balaban J connectivity index is 0.000000555. The number of anilines is 1. The second-order valence-electron chi connectivity index (χ2n) is 4.12. The third kappa shape index (κ3) is 7.24. The van der Waals surface area contributed by atoms with Gasteiger partial charge in [0.1, 0.15) is 6.29 Å². The van der Waals surface area contributed by atoms with Crippen molar-refractivity contribution in [3.8, 4) is 0 Å². The number of carbonyl (C=O) groups is 2. The number of hydrogen-bond acceptors (Lipinski definition) is 4. The lowest BCUT2D eigenvalue weighted by Crippen LogP contribution is -2.09. The van der Waals surface area contributed by atoms with Crippen LogP contribution in [0, 0.1) is 0 Å². The fraction of sp³-hybridized carbons (Fsp3) is 0.467. The Kier molecular flexibility index (Phi) is 9.14. The van der Waals surface area contributed by atoms with Crippen molar-refractivity contribution >= 4 is 17.9 Å². The van der Waals surface area contributed by atoms with Gasteiger partial charge in [-0.1, -0.05) is 6.92 Å². The summed E-state index contributed by atoms with van der Waals surface area (Å²) in [5.74, 6) is -0.266. The van der Waals surface area contributed by atoms with Gasteiger partial charge < -0.3 is 14.4 Å². The van der Waals surface area contributed by atoms with Crippen LogP contribution in [0.25, 0.3) is 0 Å². The van der Waals surface area contributed by atoms with E-state index in [2.05, 4.69) is 0 Å². The van der Waals surface area contributed by atoms with Crippen molar-refractivity contribution in [3.63, 3.8) is 0 Å². The van der Waals surface area contributed by atoms with E-state index in [0.29, 0.717) is 18.6 Å². The van der Waals surface area contributed by atoms with Crippen molar-refractivity contribution in [1.82, 2.24) is 0 Å². The number of carbonyl (C=O) groups excluding carboxylic acids is 2. The second-order valence-corrected chi connectivity index (χ2v) is 4.12. The first-order valence-electron chi connectivity index (χ1n) is 6.44. The van der Waals surface area contributed by atoms with Crippen LogP contribution in [0.1, 0.15) is 37.0 Å². The number of benzene rings is 1. The number of unbranched alkanes of at least 4 members (excludes halogenated alkanes) is 1. The lowest BCUT2D eigenvalue weighted by molar-refractivity contribution is -0.107. The Labute approximate surface area is 115 Å². The van der Waals surface area contributed by atoms with Crippen molar-refractivity contribution in [3.05, 3.63) is 29.8 Å². The summed E-state index contributed by atoms with van der Waals surface area (Å²) in [5.41, 5.74) is 1.66. The maximum Gasteiger partial charge on any atom is 0.338 e. The zero-order chi connectivity index (χ0) is 14.7. The van der Waals surface area contributed by atoms with Crippen molar-refractivity contribution in [2.45, 2.75) is 26.7 Å². The molecule has 0 unspecified atom stereocenters. The van der Waals surface area contributed by atoms with Crippen LogP contribution < -0.4 is 4.90 Å². The Hall–Kier alpha value is -1.84. The Morgan fingerprint density at radius 3 is 2.11 bits per heavy atom. The molecule has 0 saturated heterocycles. The lowest BCUT2D eigenvalue weighted by Gasteiger charge is -2.12. The lowest BCUT2D eigenvalue weighted by atomic mass is 10.2. The monoisotopic (exact) mass is 265 g/mol. The molecule has 0 aliphatic heterocycles. The summed E-state index contributed by atoms with van der Waals surface area (Å²) in [6.07, 6.45) is 2.61. The van der Waals surface area contributed by atoms with E-state index >= 15 is 0 Å². The van der Waals surface area contributed by atoms with E-state index in [4.69, 9.17) is 4.74 Å². The summed E-state index contributed by atoms with van der Waals surface area (Å²) in [4.78, 5) is 22.7. The quantitative estimate of drug-likeness (QED) is 0.606. The fourth-order valence-corrected chi connectivity index (χ4v) is 1.23. The predicted octanol–water partition coefficient (Wildman–Crippen LogP) is 2.91. The number of nitrogens with zero attached hydrogens (tertiary/aromatic N) is 1. The minimum atomic E-state index is -0.266. The van der Waals surface area contributed by atoms with Crippen molar-refractivity contribution in [1.29, 1.82) is 0 Å². The number of rotatable bonds is 5. The molecule has 0 aromatic heterocycles. The van der Waals surface area contributed by atoms with Gasteiger partial charge in [0, 0.05) is 26.2 Å². The predicted molar refractivity (Wildman–Crippen MR) is 77.7 cm³/mol. The third-order valence-electron chi connectivity index (χ3n) is 2.30. The van der Waals surface area contributed by atoms with E-state index in [9.17, 15) is 9.59 Å². The van der Waals surface area contributed by atoms with Crippen molar-refractivity contribution < 1.29 is 14.3 Å². The molecule has 106 valence electrons. The summed E-state index contributed by atoms with van der Waals surface area (Å²) in [7, 11) is 3.92. The maximum absolute atomic E-state index is 11.3. The zero-order valence-electron chi connectivity index (χ0n) is 12.2. The normalized spacial score (nSPS) is 9.05. The molecule has 1 rings (SSSR count).